The highest BCUT2D eigenvalue weighted by Gasteiger charge is 2.30. The van der Waals surface area contributed by atoms with Crippen LogP contribution in [0, 0.1) is 12.7 Å². The zero-order valence-electron chi connectivity index (χ0n) is 18.3. The Labute approximate surface area is 183 Å². The van der Waals surface area contributed by atoms with Crippen molar-refractivity contribution in [1.82, 2.24) is 9.80 Å². The molecular formula is C25H30FN3O2. The number of anilines is 1. The second kappa shape index (κ2) is 9.18. The molecule has 1 unspecified atom stereocenters. The number of hydrogen-bond donors (Lipinski definition) is 0. The lowest BCUT2D eigenvalue weighted by atomic mass is 10.0. The Hall–Kier alpha value is -2.73. The van der Waals surface area contributed by atoms with E-state index in [0.717, 1.165) is 19.4 Å². The minimum Gasteiger partial charge on any atom is -0.366 e. The summed E-state index contributed by atoms with van der Waals surface area (Å²) in [6.07, 6.45) is 2.19. The van der Waals surface area contributed by atoms with Crippen LogP contribution in [0.3, 0.4) is 0 Å². The Kier molecular flexibility index (Phi) is 6.37. The Balaban J connectivity index is 1.34. The van der Waals surface area contributed by atoms with Gasteiger partial charge >= 0.3 is 0 Å². The number of carbonyl (C=O) groups excluding carboxylic acids is 2. The van der Waals surface area contributed by atoms with Crippen LogP contribution in [-0.4, -0.2) is 60.8 Å². The van der Waals surface area contributed by atoms with Gasteiger partial charge < -0.3 is 9.80 Å². The summed E-state index contributed by atoms with van der Waals surface area (Å²) in [5.74, 6) is -0.386. The predicted octanol–water partition coefficient (Wildman–Crippen LogP) is 3.82. The number of ketones is 1. The SMILES string of the molecule is CC(=O)c1ccc(N2CCN(C(=O)CN3CCCC3c3ccc(C)cc3)CC2)c(F)c1. The van der Waals surface area contributed by atoms with E-state index in [9.17, 15) is 14.0 Å². The number of benzene rings is 2. The number of likely N-dealkylation sites (tertiary alicyclic amines) is 1. The van der Waals surface area contributed by atoms with Crippen molar-refractivity contribution in [3.8, 4) is 0 Å². The zero-order valence-corrected chi connectivity index (χ0v) is 18.3. The maximum absolute atomic E-state index is 14.5. The number of carbonyl (C=O) groups is 2. The van der Waals surface area contributed by atoms with E-state index in [0.29, 0.717) is 50.0 Å². The fourth-order valence-electron chi connectivity index (χ4n) is 4.63. The van der Waals surface area contributed by atoms with Crippen LogP contribution < -0.4 is 4.90 Å². The van der Waals surface area contributed by atoms with Crippen molar-refractivity contribution in [3.63, 3.8) is 0 Å². The summed E-state index contributed by atoms with van der Waals surface area (Å²) in [4.78, 5) is 30.5. The molecule has 164 valence electrons. The lowest BCUT2D eigenvalue weighted by Gasteiger charge is -2.37. The number of rotatable bonds is 5. The van der Waals surface area contributed by atoms with Gasteiger partial charge in [0.1, 0.15) is 5.82 Å². The molecule has 4 rings (SSSR count). The van der Waals surface area contributed by atoms with Crippen molar-refractivity contribution in [2.45, 2.75) is 32.7 Å². The molecular weight excluding hydrogens is 393 g/mol. The quantitative estimate of drug-likeness (QED) is 0.686. The summed E-state index contributed by atoms with van der Waals surface area (Å²) >= 11 is 0. The predicted molar refractivity (Wildman–Crippen MR) is 120 cm³/mol. The first-order valence-corrected chi connectivity index (χ1v) is 11.1. The van der Waals surface area contributed by atoms with Gasteiger partial charge in [-0.2, -0.15) is 0 Å². The number of hydrogen-bond acceptors (Lipinski definition) is 4. The molecule has 6 heteroatoms. The van der Waals surface area contributed by atoms with Crippen LogP contribution in [-0.2, 0) is 4.79 Å². The third-order valence-corrected chi connectivity index (χ3v) is 6.49. The third-order valence-electron chi connectivity index (χ3n) is 6.49. The van der Waals surface area contributed by atoms with Crippen molar-refractivity contribution >= 4 is 17.4 Å². The average molecular weight is 424 g/mol. The second-order valence-electron chi connectivity index (χ2n) is 8.63. The highest BCUT2D eigenvalue weighted by molar-refractivity contribution is 5.94. The van der Waals surface area contributed by atoms with Gasteiger partial charge in [-0.1, -0.05) is 29.8 Å². The van der Waals surface area contributed by atoms with E-state index in [1.807, 2.05) is 9.80 Å². The lowest BCUT2D eigenvalue weighted by molar-refractivity contribution is -0.133. The van der Waals surface area contributed by atoms with E-state index < -0.39 is 0 Å². The lowest BCUT2D eigenvalue weighted by Crippen LogP contribution is -2.51. The fraction of sp³-hybridized carbons (Fsp3) is 0.440. The Bertz CT molecular complexity index is 952. The standard InChI is InChI=1S/C25H30FN3O2/c1-18-5-7-20(8-6-18)23-4-3-11-29(23)17-25(31)28-14-12-27(13-15-28)24-10-9-21(19(2)30)16-22(24)26/h5-10,16,23H,3-4,11-15,17H2,1-2H3. The van der Waals surface area contributed by atoms with Crippen LogP contribution in [0.4, 0.5) is 10.1 Å². The number of aryl methyl sites for hydroxylation is 1. The van der Waals surface area contributed by atoms with Crippen LogP contribution in [0.15, 0.2) is 42.5 Å². The highest BCUT2D eigenvalue weighted by Crippen LogP contribution is 2.32. The first kappa shape index (κ1) is 21.5. The highest BCUT2D eigenvalue weighted by atomic mass is 19.1. The van der Waals surface area contributed by atoms with Gasteiger partial charge in [0.05, 0.1) is 12.2 Å². The summed E-state index contributed by atoms with van der Waals surface area (Å²) < 4.78 is 14.5. The second-order valence-corrected chi connectivity index (χ2v) is 8.63. The van der Waals surface area contributed by atoms with Crippen molar-refractivity contribution in [1.29, 1.82) is 0 Å². The van der Waals surface area contributed by atoms with E-state index in [2.05, 4.69) is 36.1 Å². The molecule has 0 aliphatic carbocycles. The van der Waals surface area contributed by atoms with E-state index >= 15 is 0 Å². The monoisotopic (exact) mass is 423 g/mol. The maximum Gasteiger partial charge on any atom is 0.236 e. The van der Waals surface area contributed by atoms with Gasteiger partial charge in [-0.3, -0.25) is 14.5 Å². The summed E-state index contributed by atoms with van der Waals surface area (Å²) in [5, 5.41) is 0. The molecule has 2 aliphatic rings. The Morgan fingerprint density at radius 1 is 1.00 bits per heavy atom. The van der Waals surface area contributed by atoms with Crippen molar-refractivity contribution in [2.24, 2.45) is 0 Å². The van der Waals surface area contributed by atoms with Gasteiger partial charge in [0.15, 0.2) is 5.78 Å². The number of nitrogens with zero attached hydrogens (tertiary/aromatic N) is 3. The number of piperazine rings is 1. The van der Waals surface area contributed by atoms with Crippen LogP contribution in [0.5, 0.6) is 0 Å². The molecule has 2 saturated heterocycles. The average Bonchev–Trinajstić information content (AvgIpc) is 3.22. The molecule has 0 saturated carbocycles. The molecule has 2 aromatic rings. The molecule has 1 amide bonds. The van der Waals surface area contributed by atoms with Crippen LogP contribution in [0.2, 0.25) is 0 Å². The van der Waals surface area contributed by atoms with E-state index in [1.54, 1.807) is 12.1 Å². The van der Waals surface area contributed by atoms with Gasteiger partial charge in [-0.15, -0.1) is 0 Å². The first-order valence-electron chi connectivity index (χ1n) is 11.1. The molecule has 0 aromatic heterocycles. The molecule has 0 N–H and O–H groups in total. The summed E-state index contributed by atoms with van der Waals surface area (Å²) in [6.45, 7) is 7.22. The van der Waals surface area contributed by atoms with Gasteiger partial charge in [0, 0.05) is 37.8 Å². The van der Waals surface area contributed by atoms with Crippen molar-refractivity contribution in [3.05, 3.63) is 65.0 Å². The van der Waals surface area contributed by atoms with Gasteiger partial charge in [-0.05, 0) is 57.0 Å². The number of Topliss-reactive ketones (excluding diaryl/α,β-unsaturated/α-hetero) is 1. The molecule has 2 aromatic carbocycles. The molecule has 31 heavy (non-hydrogen) atoms. The van der Waals surface area contributed by atoms with Crippen LogP contribution in [0.1, 0.15) is 47.3 Å². The Morgan fingerprint density at radius 3 is 2.35 bits per heavy atom. The summed E-state index contributed by atoms with van der Waals surface area (Å²) in [5.41, 5.74) is 3.40. The van der Waals surface area contributed by atoms with E-state index in [4.69, 9.17) is 0 Å². The molecule has 2 heterocycles. The largest absolute Gasteiger partial charge is 0.366 e. The minimum absolute atomic E-state index is 0.145. The molecule has 5 nitrogen and oxygen atoms in total. The first-order chi connectivity index (χ1) is 14.9. The molecule has 1 atom stereocenters. The summed E-state index contributed by atoms with van der Waals surface area (Å²) in [7, 11) is 0. The fourth-order valence-corrected chi connectivity index (χ4v) is 4.63. The van der Waals surface area contributed by atoms with Crippen molar-refractivity contribution in [2.75, 3.05) is 44.2 Å². The van der Waals surface area contributed by atoms with Crippen LogP contribution in [0.25, 0.3) is 0 Å². The smallest absolute Gasteiger partial charge is 0.236 e. The normalized spacial score (nSPS) is 19.6. The van der Waals surface area contributed by atoms with Gasteiger partial charge in [0.2, 0.25) is 5.91 Å². The molecule has 0 radical (unpaired) electrons. The van der Waals surface area contributed by atoms with E-state index in [-0.39, 0.29) is 17.5 Å². The van der Waals surface area contributed by atoms with Crippen LogP contribution >= 0.6 is 0 Å². The van der Waals surface area contributed by atoms with Gasteiger partial charge in [-0.25, -0.2) is 4.39 Å². The third kappa shape index (κ3) is 4.79. The molecule has 2 fully saturated rings. The zero-order chi connectivity index (χ0) is 22.0. The Morgan fingerprint density at radius 2 is 1.71 bits per heavy atom. The van der Waals surface area contributed by atoms with E-state index in [1.165, 1.54) is 24.1 Å². The summed E-state index contributed by atoms with van der Waals surface area (Å²) in [6, 6.07) is 13.6. The molecule has 2 aliphatic heterocycles. The number of halogens is 1. The topological polar surface area (TPSA) is 43.9 Å². The van der Waals surface area contributed by atoms with Crippen molar-refractivity contribution < 1.29 is 14.0 Å². The minimum atomic E-state index is -0.384. The maximum atomic E-state index is 14.5. The molecule has 0 spiro atoms. The molecule has 0 bridgehead atoms. The van der Waals surface area contributed by atoms with Gasteiger partial charge in [0.25, 0.3) is 0 Å². The number of amides is 1.